The second-order valence-electron chi connectivity index (χ2n) is 8.32. The van der Waals surface area contributed by atoms with Crippen LogP contribution >= 0.6 is 15.9 Å². The average molecular weight is 510 g/mol. The van der Waals surface area contributed by atoms with Gasteiger partial charge in [0.2, 0.25) is 0 Å². The van der Waals surface area contributed by atoms with Crippen molar-refractivity contribution in [3.63, 3.8) is 0 Å². The van der Waals surface area contributed by atoms with Crippen molar-refractivity contribution in [2.75, 3.05) is 7.11 Å². The van der Waals surface area contributed by atoms with Gasteiger partial charge in [-0.3, -0.25) is 4.79 Å². The SMILES string of the molecule is COc1c(O)ccc2c1C1(O)CC(C(=O)N=O)C(c3ccccc3)C1(c1ccc(Br)cc1)O2. The zero-order chi connectivity index (χ0) is 23.4. The number of phenols is 1. The number of aliphatic hydroxyl groups is 1. The normalized spacial score (nSPS) is 27.4. The van der Waals surface area contributed by atoms with Crippen molar-refractivity contribution in [3.8, 4) is 17.2 Å². The van der Waals surface area contributed by atoms with Crippen molar-refractivity contribution in [2.24, 2.45) is 11.1 Å². The summed E-state index contributed by atoms with van der Waals surface area (Å²) in [5.41, 5.74) is -1.71. The van der Waals surface area contributed by atoms with Gasteiger partial charge in [-0.1, -0.05) is 58.4 Å². The topological polar surface area (TPSA) is 105 Å². The summed E-state index contributed by atoms with van der Waals surface area (Å²) in [5.74, 6) is -2.34. The molecule has 7 nitrogen and oxygen atoms in total. The molecule has 1 amide bonds. The number of carbonyl (C=O) groups excluding carboxylic acids is 1. The van der Waals surface area contributed by atoms with Gasteiger partial charge in [0.25, 0.3) is 5.91 Å². The molecular weight excluding hydrogens is 490 g/mol. The van der Waals surface area contributed by atoms with Crippen LogP contribution in [0.3, 0.4) is 0 Å². The Morgan fingerprint density at radius 2 is 1.82 bits per heavy atom. The summed E-state index contributed by atoms with van der Waals surface area (Å²) in [5, 5.41) is 25.6. The fraction of sp³-hybridized carbons (Fsp3) is 0.240. The Labute approximate surface area is 198 Å². The van der Waals surface area contributed by atoms with E-state index in [9.17, 15) is 19.9 Å². The summed E-state index contributed by atoms with van der Waals surface area (Å²) in [7, 11) is 1.39. The third-order valence-electron chi connectivity index (χ3n) is 6.80. The number of nitroso groups, excluding NO2 is 1. The lowest BCUT2D eigenvalue weighted by Crippen LogP contribution is -2.48. The van der Waals surface area contributed by atoms with E-state index in [0.29, 0.717) is 16.9 Å². The van der Waals surface area contributed by atoms with Gasteiger partial charge in [0.1, 0.15) is 11.4 Å². The van der Waals surface area contributed by atoms with E-state index in [2.05, 4.69) is 21.1 Å². The molecule has 1 saturated carbocycles. The first-order chi connectivity index (χ1) is 15.9. The monoisotopic (exact) mass is 509 g/mol. The van der Waals surface area contributed by atoms with Gasteiger partial charge < -0.3 is 19.7 Å². The maximum Gasteiger partial charge on any atom is 0.290 e. The first-order valence-electron chi connectivity index (χ1n) is 10.4. The molecule has 1 aliphatic heterocycles. The van der Waals surface area contributed by atoms with E-state index >= 15 is 0 Å². The number of aromatic hydroxyl groups is 1. The third-order valence-corrected chi connectivity index (χ3v) is 7.33. The van der Waals surface area contributed by atoms with Crippen molar-refractivity contribution in [2.45, 2.75) is 23.5 Å². The van der Waals surface area contributed by atoms with Gasteiger partial charge in [0, 0.05) is 15.6 Å². The molecule has 0 bridgehead atoms. The Bertz CT molecular complexity index is 1250. The molecule has 5 rings (SSSR count). The van der Waals surface area contributed by atoms with Crippen molar-refractivity contribution >= 4 is 21.8 Å². The predicted molar refractivity (Wildman–Crippen MR) is 123 cm³/mol. The Kier molecular flexibility index (Phi) is 5.02. The highest BCUT2D eigenvalue weighted by Crippen LogP contribution is 2.70. The molecule has 8 heteroatoms. The number of rotatable bonds is 4. The molecule has 33 heavy (non-hydrogen) atoms. The summed E-state index contributed by atoms with van der Waals surface area (Å²) < 4.78 is 12.9. The fourth-order valence-corrected chi connectivity index (χ4v) is 5.84. The minimum Gasteiger partial charge on any atom is -0.504 e. The summed E-state index contributed by atoms with van der Waals surface area (Å²) in [6.07, 6.45) is -0.139. The van der Waals surface area contributed by atoms with E-state index in [1.807, 2.05) is 54.6 Å². The number of ether oxygens (including phenoxy) is 2. The van der Waals surface area contributed by atoms with Gasteiger partial charge in [-0.05, 0) is 41.8 Å². The van der Waals surface area contributed by atoms with Crippen molar-refractivity contribution in [1.29, 1.82) is 0 Å². The highest BCUT2D eigenvalue weighted by atomic mass is 79.9. The van der Waals surface area contributed by atoms with Gasteiger partial charge in [-0.15, -0.1) is 4.91 Å². The quantitative estimate of drug-likeness (QED) is 0.492. The Hall–Kier alpha value is -3.23. The van der Waals surface area contributed by atoms with Crippen LogP contribution in [0.4, 0.5) is 0 Å². The third kappa shape index (κ3) is 2.87. The zero-order valence-electron chi connectivity index (χ0n) is 17.6. The second-order valence-corrected chi connectivity index (χ2v) is 9.24. The first kappa shape index (κ1) is 21.6. The minimum atomic E-state index is -1.80. The number of nitrogens with zero attached hydrogens (tertiary/aromatic N) is 1. The molecule has 0 saturated heterocycles. The number of methoxy groups -OCH3 is 1. The van der Waals surface area contributed by atoms with Gasteiger partial charge >= 0.3 is 0 Å². The van der Waals surface area contributed by atoms with Crippen LogP contribution in [0, 0.1) is 10.8 Å². The number of halogens is 1. The molecule has 0 radical (unpaired) electrons. The summed E-state index contributed by atoms with van der Waals surface area (Å²) in [6.45, 7) is 0. The van der Waals surface area contributed by atoms with Crippen molar-refractivity contribution < 1.29 is 24.5 Å². The number of hydrogen-bond donors (Lipinski definition) is 2. The number of phenolic OH excluding ortho intramolecular Hbond substituents is 1. The molecule has 2 aliphatic rings. The average Bonchev–Trinajstić information content (AvgIpc) is 3.24. The molecule has 4 unspecified atom stereocenters. The van der Waals surface area contributed by atoms with Gasteiger partial charge in [-0.25, -0.2) is 0 Å². The molecule has 1 fully saturated rings. The van der Waals surface area contributed by atoms with Crippen LogP contribution in [0.15, 0.2) is 76.4 Å². The standard InChI is InChI=1S/C25H20BrNO6/c1-32-22-18(28)11-12-19-21(22)24(30)13-17(23(29)27-31)20(14-5-3-2-4-6-14)25(24,33-19)15-7-9-16(26)10-8-15/h2-12,17,20,28,30H,13H2,1H3. The van der Waals surface area contributed by atoms with Crippen LogP contribution in [-0.2, 0) is 16.0 Å². The summed E-state index contributed by atoms with van der Waals surface area (Å²) >= 11 is 3.44. The van der Waals surface area contributed by atoms with E-state index in [0.717, 1.165) is 4.47 Å². The molecule has 0 aromatic heterocycles. The molecule has 2 N–H and O–H groups in total. The zero-order valence-corrected chi connectivity index (χ0v) is 19.2. The molecule has 4 atom stereocenters. The van der Waals surface area contributed by atoms with Crippen LogP contribution in [0.1, 0.15) is 29.0 Å². The van der Waals surface area contributed by atoms with E-state index < -0.39 is 28.9 Å². The maximum atomic E-state index is 12.8. The van der Waals surface area contributed by atoms with Gasteiger partial charge in [-0.2, -0.15) is 0 Å². The Morgan fingerprint density at radius 1 is 1.12 bits per heavy atom. The van der Waals surface area contributed by atoms with E-state index in [1.54, 1.807) is 6.07 Å². The lowest BCUT2D eigenvalue weighted by Gasteiger charge is -2.40. The Balaban J connectivity index is 1.87. The first-order valence-corrected chi connectivity index (χ1v) is 11.2. The predicted octanol–water partition coefficient (Wildman–Crippen LogP) is 4.74. The molecule has 1 aliphatic carbocycles. The van der Waals surface area contributed by atoms with Gasteiger partial charge in [0.05, 0.1) is 18.6 Å². The number of benzene rings is 3. The van der Waals surface area contributed by atoms with Crippen LogP contribution < -0.4 is 9.47 Å². The van der Waals surface area contributed by atoms with Crippen LogP contribution in [0.5, 0.6) is 17.2 Å². The summed E-state index contributed by atoms with van der Waals surface area (Å²) in [6, 6.07) is 19.4. The van der Waals surface area contributed by atoms with E-state index in [-0.39, 0.29) is 23.5 Å². The van der Waals surface area contributed by atoms with Crippen LogP contribution in [0.2, 0.25) is 0 Å². The molecule has 1 heterocycles. The number of amides is 1. The van der Waals surface area contributed by atoms with Gasteiger partial charge in [0.15, 0.2) is 17.1 Å². The lowest BCUT2D eigenvalue weighted by molar-refractivity contribution is -0.122. The minimum absolute atomic E-state index is 0.0629. The Morgan fingerprint density at radius 3 is 2.45 bits per heavy atom. The van der Waals surface area contributed by atoms with E-state index in [4.69, 9.17) is 9.47 Å². The maximum absolute atomic E-state index is 12.8. The second kappa shape index (κ2) is 7.67. The number of fused-ring (bicyclic) bond motifs is 3. The molecule has 168 valence electrons. The molecule has 3 aromatic carbocycles. The number of carbonyl (C=O) groups is 1. The fourth-order valence-electron chi connectivity index (χ4n) is 5.57. The van der Waals surface area contributed by atoms with Crippen LogP contribution in [0.25, 0.3) is 0 Å². The van der Waals surface area contributed by atoms with Crippen molar-refractivity contribution in [1.82, 2.24) is 0 Å². The molecule has 3 aromatic rings. The van der Waals surface area contributed by atoms with Crippen molar-refractivity contribution in [3.05, 3.63) is 92.8 Å². The lowest BCUT2D eigenvalue weighted by atomic mass is 9.70. The highest BCUT2D eigenvalue weighted by molar-refractivity contribution is 9.10. The smallest absolute Gasteiger partial charge is 0.290 e. The largest absolute Gasteiger partial charge is 0.504 e. The highest BCUT2D eigenvalue weighted by Gasteiger charge is 2.73. The molecular formula is C25H20BrNO6. The van der Waals surface area contributed by atoms with E-state index in [1.165, 1.54) is 13.2 Å². The van der Waals surface area contributed by atoms with Crippen LogP contribution in [-0.4, -0.2) is 23.2 Å². The summed E-state index contributed by atoms with van der Waals surface area (Å²) in [4.78, 5) is 24.2. The molecule has 0 spiro atoms. The number of hydrogen-bond acceptors (Lipinski definition) is 6.